The topological polar surface area (TPSA) is 65.1 Å². The summed E-state index contributed by atoms with van der Waals surface area (Å²) in [6.07, 6.45) is 25.8. The van der Waals surface area contributed by atoms with Gasteiger partial charge in [0, 0.05) is 13.7 Å². The van der Waals surface area contributed by atoms with Gasteiger partial charge in [0.15, 0.2) is 0 Å². The van der Waals surface area contributed by atoms with Crippen LogP contribution in [0.5, 0.6) is 0 Å². The summed E-state index contributed by atoms with van der Waals surface area (Å²) < 4.78 is 15.8. The number of unbranched alkanes of at least 4 members (excludes halogenated alkanes) is 15. The van der Waals surface area contributed by atoms with E-state index >= 15 is 0 Å². The summed E-state index contributed by atoms with van der Waals surface area (Å²) in [5.74, 6) is 0.156. The zero-order chi connectivity index (χ0) is 29.4. The number of hydrogen-bond donors (Lipinski definition) is 0. The normalized spacial score (nSPS) is 12.1. The fraction of sp³-hybridized carbons (Fsp3) is 0.941. The SMILES string of the molecule is CCCCCCCCC(CCCCCC)C(=O)OCCCCCCN(CCCCCCOC)CCCCOC=O. The molecule has 0 radical (unpaired) electrons. The quantitative estimate of drug-likeness (QED) is 0.0447. The molecule has 0 heterocycles. The minimum atomic E-state index is 0.0558. The summed E-state index contributed by atoms with van der Waals surface area (Å²) in [6, 6.07) is 0. The molecule has 0 bridgehead atoms. The second kappa shape index (κ2) is 32.4. The Morgan fingerprint density at radius 1 is 0.600 bits per heavy atom. The molecule has 0 aromatic carbocycles. The molecule has 0 N–H and O–H groups in total. The second-order valence-corrected chi connectivity index (χ2v) is 11.6. The molecule has 0 saturated heterocycles. The molecule has 0 aliphatic rings. The number of carbonyl (C=O) groups is 2. The lowest BCUT2D eigenvalue weighted by Gasteiger charge is -2.22. The van der Waals surface area contributed by atoms with Crippen molar-refractivity contribution in [2.75, 3.05) is 46.6 Å². The summed E-state index contributed by atoms with van der Waals surface area (Å²) >= 11 is 0. The minimum absolute atomic E-state index is 0.0558. The van der Waals surface area contributed by atoms with Crippen LogP contribution < -0.4 is 0 Å². The van der Waals surface area contributed by atoms with Gasteiger partial charge in [-0.2, -0.15) is 0 Å². The average molecular weight is 570 g/mol. The van der Waals surface area contributed by atoms with E-state index in [1.807, 2.05) is 0 Å². The molecule has 1 atom stereocenters. The highest BCUT2D eigenvalue weighted by atomic mass is 16.5. The van der Waals surface area contributed by atoms with Crippen molar-refractivity contribution < 1.29 is 23.8 Å². The van der Waals surface area contributed by atoms with Gasteiger partial charge in [0.1, 0.15) is 0 Å². The van der Waals surface area contributed by atoms with Crippen molar-refractivity contribution in [3.8, 4) is 0 Å². The Morgan fingerprint density at radius 2 is 1.05 bits per heavy atom. The molecule has 40 heavy (non-hydrogen) atoms. The number of nitrogens with zero attached hydrogens (tertiary/aromatic N) is 1. The third-order valence-electron chi connectivity index (χ3n) is 7.89. The number of esters is 1. The maximum Gasteiger partial charge on any atom is 0.308 e. The zero-order valence-electron chi connectivity index (χ0n) is 26.9. The van der Waals surface area contributed by atoms with Gasteiger partial charge < -0.3 is 19.1 Å². The van der Waals surface area contributed by atoms with Gasteiger partial charge in [-0.1, -0.05) is 104 Å². The Labute approximate surface area is 248 Å². The lowest BCUT2D eigenvalue weighted by molar-refractivity contribution is -0.149. The highest BCUT2D eigenvalue weighted by molar-refractivity contribution is 5.72. The Kier molecular flexibility index (Phi) is 31.5. The molecule has 238 valence electrons. The second-order valence-electron chi connectivity index (χ2n) is 11.6. The minimum Gasteiger partial charge on any atom is -0.468 e. The molecule has 0 spiro atoms. The van der Waals surface area contributed by atoms with Gasteiger partial charge in [0.05, 0.1) is 19.1 Å². The van der Waals surface area contributed by atoms with Crippen LogP contribution in [0.4, 0.5) is 0 Å². The highest BCUT2D eigenvalue weighted by Crippen LogP contribution is 2.21. The summed E-state index contributed by atoms with van der Waals surface area (Å²) in [5.41, 5.74) is 0. The Balaban J connectivity index is 4.21. The molecule has 0 amide bonds. The molecule has 0 saturated carbocycles. The third-order valence-corrected chi connectivity index (χ3v) is 7.89. The average Bonchev–Trinajstić information content (AvgIpc) is 2.96. The van der Waals surface area contributed by atoms with E-state index in [1.54, 1.807) is 7.11 Å². The molecular formula is C34H67NO5. The standard InChI is InChI=1S/C34H67NO5/c1-4-6-8-10-11-17-25-33(24-16-9-7-5-2)34(37)40-31-22-15-13-19-27-35(28-20-23-30-39-32-36)26-18-12-14-21-29-38-3/h32-33H,4-31H2,1-3H3. The van der Waals surface area contributed by atoms with Crippen LogP contribution in [-0.2, 0) is 23.8 Å². The van der Waals surface area contributed by atoms with Gasteiger partial charge >= 0.3 is 5.97 Å². The van der Waals surface area contributed by atoms with Crippen LogP contribution in [0.2, 0.25) is 0 Å². The van der Waals surface area contributed by atoms with E-state index in [0.29, 0.717) is 19.7 Å². The summed E-state index contributed by atoms with van der Waals surface area (Å²) in [4.78, 5) is 25.8. The van der Waals surface area contributed by atoms with Crippen molar-refractivity contribution in [1.29, 1.82) is 0 Å². The van der Waals surface area contributed by atoms with E-state index in [4.69, 9.17) is 14.2 Å². The van der Waals surface area contributed by atoms with Crippen LogP contribution >= 0.6 is 0 Å². The largest absolute Gasteiger partial charge is 0.468 e. The summed E-state index contributed by atoms with van der Waals surface area (Å²) in [7, 11) is 1.77. The predicted molar refractivity (Wildman–Crippen MR) is 168 cm³/mol. The van der Waals surface area contributed by atoms with E-state index < -0.39 is 0 Å². The van der Waals surface area contributed by atoms with Crippen LogP contribution in [0.25, 0.3) is 0 Å². The van der Waals surface area contributed by atoms with Crippen molar-refractivity contribution in [1.82, 2.24) is 4.90 Å². The fourth-order valence-corrected chi connectivity index (χ4v) is 5.29. The third kappa shape index (κ3) is 27.1. The van der Waals surface area contributed by atoms with Crippen molar-refractivity contribution in [3.63, 3.8) is 0 Å². The number of ether oxygens (including phenoxy) is 3. The highest BCUT2D eigenvalue weighted by Gasteiger charge is 2.19. The molecule has 6 nitrogen and oxygen atoms in total. The number of carbonyl (C=O) groups excluding carboxylic acids is 2. The van der Waals surface area contributed by atoms with E-state index in [2.05, 4.69) is 18.7 Å². The van der Waals surface area contributed by atoms with Crippen LogP contribution in [0.1, 0.15) is 155 Å². The first-order chi connectivity index (χ1) is 19.7. The first-order valence-electron chi connectivity index (χ1n) is 17.1. The number of hydrogen-bond acceptors (Lipinski definition) is 6. The first kappa shape index (κ1) is 38.9. The lowest BCUT2D eigenvalue weighted by Crippen LogP contribution is -2.27. The van der Waals surface area contributed by atoms with Gasteiger partial charge in [-0.3, -0.25) is 9.59 Å². The van der Waals surface area contributed by atoms with Gasteiger partial charge in [-0.25, -0.2) is 0 Å². The smallest absolute Gasteiger partial charge is 0.308 e. The van der Waals surface area contributed by atoms with Crippen LogP contribution in [-0.4, -0.2) is 63.9 Å². The van der Waals surface area contributed by atoms with E-state index in [9.17, 15) is 9.59 Å². The van der Waals surface area contributed by atoms with Gasteiger partial charge in [0.25, 0.3) is 6.47 Å². The van der Waals surface area contributed by atoms with Crippen LogP contribution in [0.15, 0.2) is 0 Å². The molecule has 0 aliphatic carbocycles. The Bertz CT molecular complexity index is 530. The van der Waals surface area contributed by atoms with Crippen LogP contribution in [0.3, 0.4) is 0 Å². The van der Waals surface area contributed by atoms with E-state index in [1.165, 1.54) is 83.5 Å². The van der Waals surface area contributed by atoms with Crippen LogP contribution in [0, 0.1) is 5.92 Å². The lowest BCUT2D eigenvalue weighted by atomic mass is 9.94. The zero-order valence-corrected chi connectivity index (χ0v) is 26.9. The fourth-order valence-electron chi connectivity index (χ4n) is 5.29. The molecule has 0 aliphatic heterocycles. The van der Waals surface area contributed by atoms with E-state index in [-0.39, 0.29) is 11.9 Å². The maximum absolute atomic E-state index is 12.8. The first-order valence-corrected chi connectivity index (χ1v) is 17.1. The molecule has 0 fully saturated rings. The van der Waals surface area contributed by atoms with Crippen molar-refractivity contribution in [3.05, 3.63) is 0 Å². The molecule has 0 aromatic heterocycles. The Hall–Kier alpha value is -1.14. The van der Waals surface area contributed by atoms with Gasteiger partial charge in [-0.15, -0.1) is 0 Å². The van der Waals surface area contributed by atoms with Crippen molar-refractivity contribution >= 4 is 12.4 Å². The summed E-state index contributed by atoms with van der Waals surface area (Å²) in [5, 5.41) is 0. The molecule has 1 unspecified atom stereocenters. The molecule has 6 heteroatoms. The number of methoxy groups -OCH3 is 1. The monoisotopic (exact) mass is 570 g/mol. The van der Waals surface area contributed by atoms with Crippen molar-refractivity contribution in [2.45, 2.75) is 155 Å². The Morgan fingerprint density at radius 3 is 1.62 bits per heavy atom. The molecule has 0 aromatic rings. The van der Waals surface area contributed by atoms with E-state index in [0.717, 1.165) is 84.0 Å². The van der Waals surface area contributed by atoms with Gasteiger partial charge in [-0.05, 0) is 71.0 Å². The molecule has 0 rings (SSSR count). The predicted octanol–water partition coefficient (Wildman–Crippen LogP) is 8.89. The molecular weight excluding hydrogens is 502 g/mol. The van der Waals surface area contributed by atoms with Gasteiger partial charge in [0.2, 0.25) is 0 Å². The maximum atomic E-state index is 12.8. The van der Waals surface area contributed by atoms with Crippen molar-refractivity contribution in [2.24, 2.45) is 5.92 Å². The summed E-state index contributed by atoms with van der Waals surface area (Å²) in [6.45, 7) is 10.3. The number of rotatable bonds is 33.